The van der Waals surface area contributed by atoms with Crippen LogP contribution in [0.25, 0.3) is 0 Å². The van der Waals surface area contributed by atoms with Gasteiger partial charge in [0.25, 0.3) is 6.43 Å². The molecule has 0 radical (unpaired) electrons. The molecule has 1 aromatic carbocycles. The maximum Gasteiger partial charge on any atom is 0.265 e. The molecule has 4 nitrogen and oxygen atoms in total. The van der Waals surface area contributed by atoms with Gasteiger partial charge in [-0.15, -0.1) is 0 Å². The van der Waals surface area contributed by atoms with Crippen LogP contribution in [0.15, 0.2) is 18.2 Å². The number of aliphatic hydroxyl groups excluding tert-OH is 1. The molecule has 2 N–H and O–H groups in total. The number of rotatable bonds is 7. The molecule has 18 heavy (non-hydrogen) atoms. The highest BCUT2D eigenvalue weighted by molar-refractivity contribution is 5.40. The lowest BCUT2D eigenvalue weighted by Crippen LogP contribution is -2.31. The fourth-order valence-corrected chi connectivity index (χ4v) is 1.46. The molecule has 0 amide bonds. The molecular weight excluding hydrogens is 244 g/mol. The van der Waals surface area contributed by atoms with E-state index in [2.05, 4.69) is 5.32 Å². The fourth-order valence-electron chi connectivity index (χ4n) is 1.46. The monoisotopic (exact) mass is 261 g/mol. The van der Waals surface area contributed by atoms with E-state index in [4.69, 9.17) is 14.6 Å². The van der Waals surface area contributed by atoms with Gasteiger partial charge in [-0.2, -0.15) is 0 Å². The Morgan fingerprint density at radius 1 is 1.28 bits per heavy atom. The van der Waals surface area contributed by atoms with E-state index < -0.39 is 12.5 Å². The van der Waals surface area contributed by atoms with Crippen molar-refractivity contribution in [2.45, 2.75) is 19.1 Å². The van der Waals surface area contributed by atoms with Crippen molar-refractivity contribution in [1.82, 2.24) is 5.32 Å². The molecular formula is C12H17F2NO3. The zero-order chi connectivity index (χ0) is 13.5. The standard InChI is InChI=1S/C12H17F2NO3/c1-17-9-3-4-11(18-2)8(5-9)6-15-7-10(16)12(13)14/h3-5,10,12,15-16H,6-7H2,1-2H3. The SMILES string of the molecule is COc1ccc(OC)c(CNCC(O)C(F)F)c1. The summed E-state index contributed by atoms with van der Waals surface area (Å²) in [7, 11) is 3.07. The van der Waals surface area contributed by atoms with Crippen molar-refractivity contribution >= 4 is 0 Å². The van der Waals surface area contributed by atoms with Crippen LogP contribution >= 0.6 is 0 Å². The zero-order valence-corrected chi connectivity index (χ0v) is 10.3. The minimum atomic E-state index is -2.75. The normalized spacial score (nSPS) is 12.6. The van der Waals surface area contributed by atoms with Gasteiger partial charge in [0.15, 0.2) is 0 Å². The number of halogens is 2. The van der Waals surface area contributed by atoms with Gasteiger partial charge in [-0.05, 0) is 18.2 Å². The maximum absolute atomic E-state index is 12.1. The molecule has 1 rings (SSSR count). The van der Waals surface area contributed by atoms with Crippen LogP contribution in [0.2, 0.25) is 0 Å². The van der Waals surface area contributed by atoms with Gasteiger partial charge in [0.05, 0.1) is 14.2 Å². The van der Waals surface area contributed by atoms with E-state index in [1.54, 1.807) is 25.3 Å². The lowest BCUT2D eigenvalue weighted by Gasteiger charge is -2.13. The fraction of sp³-hybridized carbons (Fsp3) is 0.500. The molecule has 0 bridgehead atoms. The first-order valence-electron chi connectivity index (χ1n) is 5.46. The largest absolute Gasteiger partial charge is 0.497 e. The summed E-state index contributed by atoms with van der Waals surface area (Å²) in [6.07, 6.45) is -4.41. The van der Waals surface area contributed by atoms with Gasteiger partial charge in [0.1, 0.15) is 17.6 Å². The molecule has 0 spiro atoms. The number of hydrogen-bond donors (Lipinski definition) is 2. The molecule has 1 aromatic rings. The van der Waals surface area contributed by atoms with E-state index in [1.807, 2.05) is 0 Å². The second kappa shape index (κ2) is 7.13. The number of alkyl halides is 2. The van der Waals surface area contributed by atoms with E-state index in [0.717, 1.165) is 5.56 Å². The Labute approximate surface area is 105 Å². The van der Waals surface area contributed by atoms with Crippen molar-refractivity contribution in [3.05, 3.63) is 23.8 Å². The molecule has 0 fully saturated rings. The predicted octanol–water partition coefficient (Wildman–Crippen LogP) is 1.42. The van der Waals surface area contributed by atoms with Gasteiger partial charge < -0.3 is 19.9 Å². The first-order valence-corrected chi connectivity index (χ1v) is 5.46. The minimum absolute atomic E-state index is 0.183. The van der Waals surface area contributed by atoms with E-state index in [1.165, 1.54) is 7.11 Å². The maximum atomic E-state index is 12.1. The van der Waals surface area contributed by atoms with E-state index >= 15 is 0 Å². The number of ether oxygens (including phenoxy) is 2. The summed E-state index contributed by atoms with van der Waals surface area (Å²) in [4.78, 5) is 0. The summed E-state index contributed by atoms with van der Waals surface area (Å²) in [5.74, 6) is 1.29. The van der Waals surface area contributed by atoms with Gasteiger partial charge in [0.2, 0.25) is 0 Å². The van der Waals surface area contributed by atoms with Crippen LogP contribution in [-0.2, 0) is 6.54 Å². The van der Waals surface area contributed by atoms with Crippen molar-refractivity contribution in [1.29, 1.82) is 0 Å². The Bertz CT molecular complexity index is 374. The smallest absolute Gasteiger partial charge is 0.265 e. The summed E-state index contributed by atoms with van der Waals surface area (Å²) in [6, 6.07) is 5.23. The number of hydrogen-bond acceptors (Lipinski definition) is 4. The van der Waals surface area contributed by atoms with Crippen LogP contribution in [0.3, 0.4) is 0 Å². The summed E-state index contributed by atoms with van der Waals surface area (Å²) in [5.41, 5.74) is 0.776. The molecule has 0 aromatic heterocycles. The lowest BCUT2D eigenvalue weighted by molar-refractivity contribution is -0.00342. The van der Waals surface area contributed by atoms with Gasteiger partial charge in [-0.25, -0.2) is 8.78 Å². The number of aliphatic hydroxyl groups is 1. The first-order chi connectivity index (χ1) is 8.58. The Morgan fingerprint density at radius 3 is 2.56 bits per heavy atom. The van der Waals surface area contributed by atoms with Crippen molar-refractivity contribution in [3.8, 4) is 11.5 Å². The topological polar surface area (TPSA) is 50.7 Å². The molecule has 102 valence electrons. The third-order valence-electron chi connectivity index (χ3n) is 2.45. The molecule has 0 aliphatic carbocycles. The van der Waals surface area contributed by atoms with Crippen LogP contribution in [0.1, 0.15) is 5.56 Å². The van der Waals surface area contributed by atoms with Gasteiger partial charge in [-0.1, -0.05) is 0 Å². The molecule has 1 unspecified atom stereocenters. The van der Waals surface area contributed by atoms with E-state index in [-0.39, 0.29) is 6.54 Å². The summed E-state index contributed by atoms with van der Waals surface area (Å²) >= 11 is 0. The van der Waals surface area contributed by atoms with Crippen LogP contribution in [-0.4, -0.2) is 38.4 Å². The Kier molecular flexibility index (Phi) is 5.80. The highest BCUT2D eigenvalue weighted by atomic mass is 19.3. The zero-order valence-electron chi connectivity index (χ0n) is 10.3. The first kappa shape index (κ1) is 14.7. The third-order valence-corrected chi connectivity index (χ3v) is 2.45. The Hall–Kier alpha value is -1.40. The van der Waals surface area contributed by atoms with Gasteiger partial charge in [-0.3, -0.25) is 0 Å². The minimum Gasteiger partial charge on any atom is -0.497 e. The second-order valence-electron chi connectivity index (χ2n) is 3.71. The highest BCUT2D eigenvalue weighted by Crippen LogP contribution is 2.23. The lowest BCUT2D eigenvalue weighted by atomic mass is 10.2. The Balaban J connectivity index is 2.59. The van der Waals surface area contributed by atoms with Gasteiger partial charge in [0, 0.05) is 18.7 Å². The average Bonchev–Trinajstić information content (AvgIpc) is 2.38. The van der Waals surface area contributed by atoms with Crippen molar-refractivity contribution in [2.24, 2.45) is 0 Å². The highest BCUT2D eigenvalue weighted by Gasteiger charge is 2.16. The quantitative estimate of drug-likeness (QED) is 0.779. The van der Waals surface area contributed by atoms with Crippen LogP contribution < -0.4 is 14.8 Å². The molecule has 0 heterocycles. The number of methoxy groups -OCH3 is 2. The Morgan fingerprint density at radius 2 is 2.00 bits per heavy atom. The third kappa shape index (κ3) is 4.12. The molecule has 0 aliphatic rings. The molecule has 1 atom stereocenters. The number of nitrogens with one attached hydrogen (secondary N) is 1. The van der Waals surface area contributed by atoms with E-state index in [0.29, 0.717) is 18.0 Å². The average molecular weight is 261 g/mol. The van der Waals surface area contributed by atoms with Gasteiger partial charge >= 0.3 is 0 Å². The van der Waals surface area contributed by atoms with E-state index in [9.17, 15) is 8.78 Å². The van der Waals surface area contributed by atoms with Crippen molar-refractivity contribution < 1.29 is 23.4 Å². The molecule has 0 saturated heterocycles. The molecule has 6 heteroatoms. The second-order valence-corrected chi connectivity index (χ2v) is 3.71. The summed E-state index contributed by atoms with van der Waals surface area (Å²) in [5, 5.41) is 11.7. The van der Waals surface area contributed by atoms with Crippen LogP contribution in [0.5, 0.6) is 11.5 Å². The van der Waals surface area contributed by atoms with Crippen molar-refractivity contribution in [3.63, 3.8) is 0 Å². The van der Waals surface area contributed by atoms with Crippen LogP contribution in [0, 0.1) is 0 Å². The predicted molar refractivity (Wildman–Crippen MR) is 63.3 cm³/mol. The molecule has 0 saturated carbocycles. The summed E-state index contributed by atoms with van der Waals surface area (Å²) in [6.45, 7) is 0.127. The molecule has 0 aliphatic heterocycles. The van der Waals surface area contributed by atoms with Crippen LogP contribution in [0.4, 0.5) is 8.78 Å². The van der Waals surface area contributed by atoms with Crippen molar-refractivity contribution in [2.75, 3.05) is 20.8 Å². The number of benzene rings is 1. The summed E-state index contributed by atoms with van der Waals surface area (Å²) < 4.78 is 34.4.